The lowest BCUT2D eigenvalue weighted by atomic mass is 10.1. The van der Waals surface area contributed by atoms with Gasteiger partial charge in [-0.2, -0.15) is 10.2 Å². The minimum Gasteiger partial charge on any atom is -0.476 e. The molecule has 0 saturated carbocycles. The van der Waals surface area contributed by atoms with Gasteiger partial charge in [-0.15, -0.1) is 5.10 Å². The minimum absolute atomic E-state index is 0.519. The molecule has 0 saturated heterocycles. The first-order chi connectivity index (χ1) is 19.5. The van der Waals surface area contributed by atoms with Crippen molar-refractivity contribution in [3.8, 4) is 23.0 Å². The average Bonchev–Trinajstić information content (AvgIpc) is 3.62. The Hall–Kier alpha value is -3.66. The van der Waals surface area contributed by atoms with Gasteiger partial charge >= 0.3 is 0 Å². The van der Waals surface area contributed by atoms with Crippen LogP contribution in [0.2, 0.25) is 0 Å². The van der Waals surface area contributed by atoms with Crippen LogP contribution in [0.25, 0.3) is 34.3 Å². The van der Waals surface area contributed by atoms with Crippen molar-refractivity contribution in [1.82, 2.24) is 39.6 Å². The maximum absolute atomic E-state index is 6.25. The van der Waals surface area contributed by atoms with Crippen molar-refractivity contribution in [2.24, 2.45) is 7.05 Å². The van der Waals surface area contributed by atoms with Gasteiger partial charge in [-0.25, -0.2) is 4.68 Å². The molecule has 4 aromatic rings. The average molecular weight is 553 g/mol. The molecule has 10 nitrogen and oxygen atoms in total. The molecule has 10 heteroatoms. The Morgan fingerprint density at radius 1 is 1.02 bits per heavy atom. The number of pyridine rings is 1. The number of aromatic nitrogens is 7. The molecule has 1 aliphatic rings. The lowest BCUT2D eigenvalue weighted by Gasteiger charge is -2.18. The SMILES string of the molecule is CC.CC.CC.CCOc1nn(CC)c2c1/C=C/c1n[nH]c3cnc(cc13)-c1c(C)nn(C)c1OCCN(C)C2. The number of ether oxygens (including phenoxy) is 2. The van der Waals surface area contributed by atoms with Crippen LogP contribution in [0.5, 0.6) is 11.8 Å². The van der Waals surface area contributed by atoms with Gasteiger partial charge in [0.05, 0.1) is 52.2 Å². The molecule has 2 bridgehead atoms. The Bertz CT molecular complexity index is 1370. The number of nitrogens with one attached hydrogen (secondary N) is 1. The Kier molecular flexibility index (Phi) is 12.9. The molecule has 0 aliphatic carbocycles. The summed E-state index contributed by atoms with van der Waals surface area (Å²) in [6.45, 7) is 21.3. The number of H-pyrrole nitrogens is 1. The van der Waals surface area contributed by atoms with Gasteiger partial charge < -0.3 is 9.47 Å². The normalized spacial score (nSPS) is 13.6. The summed E-state index contributed by atoms with van der Waals surface area (Å²) in [7, 11) is 3.98. The monoisotopic (exact) mass is 552 g/mol. The predicted octanol–water partition coefficient (Wildman–Crippen LogP) is 6.36. The van der Waals surface area contributed by atoms with Crippen molar-refractivity contribution in [2.75, 3.05) is 26.8 Å². The summed E-state index contributed by atoms with van der Waals surface area (Å²) < 4.78 is 15.9. The van der Waals surface area contributed by atoms with Crippen LogP contribution >= 0.6 is 0 Å². The second-order valence-electron chi connectivity index (χ2n) is 8.45. The Morgan fingerprint density at radius 3 is 2.42 bits per heavy atom. The summed E-state index contributed by atoms with van der Waals surface area (Å²) in [6.07, 6.45) is 5.88. The zero-order valence-corrected chi connectivity index (χ0v) is 26.3. The lowest BCUT2D eigenvalue weighted by Crippen LogP contribution is -2.26. The first-order valence-electron chi connectivity index (χ1n) is 14.6. The number of aromatic amines is 1. The molecule has 0 spiro atoms. The smallest absolute Gasteiger partial charge is 0.240 e. The highest BCUT2D eigenvalue weighted by Gasteiger charge is 2.21. The van der Waals surface area contributed by atoms with Crippen LogP contribution < -0.4 is 9.47 Å². The van der Waals surface area contributed by atoms with E-state index in [2.05, 4.69) is 45.2 Å². The largest absolute Gasteiger partial charge is 0.476 e. The zero-order chi connectivity index (χ0) is 29.8. The predicted molar refractivity (Wildman–Crippen MR) is 165 cm³/mol. The molecule has 0 atom stereocenters. The quantitative estimate of drug-likeness (QED) is 0.316. The molecule has 40 heavy (non-hydrogen) atoms. The van der Waals surface area contributed by atoms with Crippen molar-refractivity contribution in [2.45, 2.75) is 75.4 Å². The Labute approximate surface area is 239 Å². The molecule has 220 valence electrons. The van der Waals surface area contributed by atoms with Crippen LogP contribution in [0.3, 0.4) is 0 Å². The van der Waals surface area contributed by atoms with Gasteiger partial charge in [-0.3, -0.25) is 19.7 Å². The highest BCUT2D eigenvalue weighted by atomic mass is 16.5. The van der Waals surface area contributed by atoms with E-state index in [0.29, 0.717) is 31.5 Å². The van der Waals surface area contributed by atoms with Gasteiger partial charge in [0.2, 0.25) is 11.8 Å². The number of fused-ring (bicyclic) bond motifs is 4. The molecule has 4 aromatic heterocycles. The second-order valence-corrected chi connectivity index (χ2v) is 8.45. The van der Waals surface area contributed by atoms with E-state index in [1.54, 1.807) is 4.68 Å². The molecular formula is C30H48N8O2. The first kappa shape index (κ1) is 32.6. The van der Waals surface area contributed by atoms with E-state index in [0.717, 1.165) is 57.9 Å². The third kappa shape index (κ3) is 6.91. The van der Waals surface area contributed by atoms with Crippen LogP contribution in [-0.4, -0.2) is 66.4 Å². The van der Waals surface area contributed by atoms with Crippen LogP contribution in [0.1, 0.15) is 78.0 Å². The molecule has 1 aliphatic heterocycles. The second kappa shape index (κ2) is 15.8. The zero-order valence-electron chi connectivity index (χ0n) is 26.3. The van der Waals surface area contributed by atoms with Crippen LogP contribution in [0.15, 0.2) is 12.3 Å². The lowest BCUT2D eigenvalue weighted by molar-refractivity contribution is 0.218. The van der Waals surface area contributed by atoms with E-state index < -0.39 is 0 Å². The summed E-state index contributed by atoms with van der Waals surface area (Å²) >= 11 is 0. The van der Waals surface area contributed by atoms with Crippen LogP contribution in [0, 0.1) is 6.92 Å². The molecule has 0 fully saturated rings. The van der Waals surface area contributed by atoms with Gasteiger partial charge in [-0.1, -0.05) is 41.5 Å². The van der Waals surface area contributed by atoms with Crippen molar-refractivity contribution < 1.29 is 9.47 Å². The molecule has 5 rings (SSSR count). The fourth-order valence-corrected chi connectivity index (χ4v) is 4.42. The van der Waals surface area contributed by atoms with Crippen LogP contribution in [-0.2, 0) is 20.1 Å². The van der Waals surface area contributed by atoms with Crippen molar-refractivity contribution in [1.29, 1.82) is 0 Å². The van der Waals surface area contributed by atoms with E-state index in [4.69, 9.17) is 14.6 Å². The van der Waals surface area contributed by atoms with Gasteiger partial charge in [0.25, 0.3) is 0 Å². The van der Waals surface area contributed by atoms with Crippen LogP contribution in [0.4, 0.5) is 0 Å². The molecule has 0 radical (unpaired) electrons. The molecule has 0 unspecified atom stereocenters. The summed E-state index contributed by atoms with van der Waals surface area (Å²) in [5, 5.41) is 17.9. The van der Waals surface area contributed by atoms with E-state index >= 15 is 0 Å². The van der Waals surface area contributed by atoms with E-state index in [1.165, 1.54) is 0 Å². The molecular weight excluding hydrogens is 504 g/mol. The fourth-order valence-electron chi connectivity index (χ4n) is 4.42. The van der Waals surface area contributed by atoms with Crippen molar-refractivity contribution in [3.05, 3.63) is 34.9 Å². The molecule has 5 heterocycles. The number of likely N-dealkylation sites (N-methyl/N-ethyl adjacent to an activating group) is 1. The summed E-state index contributed by atoms with van der Waals surface area (Å²) in [6, 6.07) is 2.04. The highest BCUT2D eigenvalue weighted by molar-refractivity contribution is 5.92. The number of rotatable bonds is 3. The van der Waals surface area contributed by atoms with Gasteiger partial charge in [0, 0.05) is 32.1 Å². The third-order valence-electron chi connectivity index (χ3n) is 6.09. The standard InChI is InChI=1S/C24H30N8O2.3C2H6/c1-6-32-21-14-30(4)10-11-34-24-22(15(3)28-31(24)5)19-12-17-18(26-27-20(17)13-25-19)9-8-16(21)23(29-32)33-7-2;3*1-2/h8-9,12-13H,6-7,10-11,14H2,1-5H3,(H,26,27);3*1-2H3/b9-8+;;;. The van der Waals surface area contributed by atoms with Crippen molar-refractivity contribution in [3.63, 3.8) is 0 Å². The van der Waals surface area contributed by atoms with Gasteiger partial charge in [0.15, 0.2) is 0 Å². The third-order valence-corrected chi connectivity index (χ3v) is 6.09. The highest BCUT2D eigenvalue weighted by Crippen LogP contribution is 2.34. The summed E-state index contributed by atoms with van der Waals surface area (Å²) in [5.74, 6) is 1.35. The maximum atomic E-state index is 6.25. The number of hydrogen-bond donors (Lipinski definition) is 1. The minimum atomic E-state index is 0.519. The topological polar surface area (TPSA) is 98.9 Å². The van der Waals surface area contributed by atoms with Crippen molar-refractivity contribution >= 4 is 23.1 Å². The molecule has 1 N–H and O–H groups in total. The van der Waals surface area contributed by atoms with E-state index in [1.807, 2.05) is 85.5 Å². The van der Waals surface area contributed by atoms with Gasteiger partial charge in [0.1, 0.15) is 6.61 Å². The van der Waals surface area contributed by atoms with E-state index in [9.17, 15) is 0 Å². The molecule has 0 amide bonds. The summed E-state index contributed by atoms with van der Waals surface area (Å²) in [4.78, 5) is 6.90. The summed E-state index contributed by atoms with van der Waals surface area (Å²) in [5.41, 5.74) is 6.34. The Balaban J connectivity index is 0.000000876. The Morgan fingerprint density at radius 2 is 1.75 bits per heavy atom. The first-order valence-corrected chi connectivity index (χ1v) is 14.6. The fraction of sp³-hybridized carbons (Fsp3) is 0.533. The number of aryl methyl sites for hydroxylation is 3. The number of hydrogen-bond acceptors (Lipinski definition) is 7. The van der Waals surface area contributed by atoms with Gasteiger partial charge in [-0.05, 0) is 46.0 Å². The maximum Gasteiger partial charge on any atom is 0.240 e. The number of nitrogens with zero attached hydrogens (tertiary/aromatic N) is 7. The molecule has 0 aromatic carbocycles. The van der Waals surface area contributed by atoms with E-state index in [-0.39, 0.29) is 0 Å².